The maximum atomic E-state index is 11.7. The van der Waals surface area contributed by atoms with E-state index in [-0.39, 0.29) is 12.6 Å². The van der Waals surface area contributed by atoms with E-state index in [4.69, 9.17) is 9.47 Å². The van der Waals surface area contributed by atoms with Crippen molar-refractivity contribution in [1.29, 1.82) is 0 Å². The molecule has 18 heavy (non-hydrogen) atoms. The van der Waals surface area contributed by atoms with E-state index in [1.165, 1.54) is 11.3 Å². The quantitative estimate of drug-likeness (QED) is 0.792. The first kappa shape index (κ1) is 12.6. The highest BCUT2D eigenvalue weighted by Crippen LogP contribution is 2.17. The van der Waals surface area contributed by atoms with Crippen LogP contribution in [0.2, 0.25) is 0 Å². The van der Waals surface area contributed by atoms with Gasteiger partial charge in [0.1, 0.15) is 17.2 Å². The molecule has 0 amide bonds. The predicted octanol–water partition coefficient (Wildman–Crippen LogP) is 3.42. The highest BCUT2D eigenvalue weighted by Gasteiger charge is 2.09. The molecular weight excluding hydrogens is 248 g/mol. The van der Waals surface area contributed by atoms with Crippen LogP contribution in [0.3, 0.4) is 0 Å². The summed E-state index contributed by atoms with van der Waals surface area (Å²) in [5.74, 6) is 0.517. The number of carbonyl (C=O) groups is 1. The van der Waals surface area contributed by atoms with Gasteiger partial charge in [0, 0.05) is 4.88 Å². The molecule has 0 aliphatic rings. The van der Waals surface area contributed by atoms with Crippen LogP contribution >= 0.6 is 11.3 Å². The number of carbonyl (C=O) groups excluding carboxylic acids is 1. The van der Waals surface area contributed by atoms with E-state index >= 15 is 0 Å². The van der Waals surface area contributed by atoms with Gasteiger partial charge in [0.15, 0.2) is 0 Å². The zero-order chi connectivity index (χ0) is 13.0. The van der Waals surface area contributed by atoms with Gasteiger partial charge >= 0.3 is 5.97 Å². The standard InChI is InChI=1S/C14H14O3S/c1-10-3-8-13(18-10)14(15)17-9-11-4-6-12(16-2)7-5-11/h3-8H,9H2,1-2H3. The molecule has 0 N–H and O–H groups in total. The summed E-state index contributed by atoms with van der Waals surface area (Å²) < 4.78 is 10.3. The minimum Gasteiger partial charge on any atom is -0.497 e. The highest BCUT2D eigenvalue weighted by atomic mass is 32.1. The maximum Gasteiger partial charge on any atom is 0.348 e. The molecule has 0 atom stereocenters. The fourth-order valence-electron chi connectivity index (χ4n) is 1.49. The number of methoxy groups -OCH3 is 1. The molecule has 0 fully saturated rings. The van der Waals surface area contributed by atoms with E-state index in [2.05, 4.69) is 0 Å². The molecule has 0 aliphatic carbocycles. The number of hydrogen-bond donors (Lipinski definition) is 0. The van der Waals surface area contributed by atoms with E-state index in [1.807, 2.05) is 37.3 Å². The van der Waals surface area contributed by atoms with Gasteiger partial charge in [-0.2, -0.15) is 0 Å². The Morgan fingerprint density at radius 3 is 2.44 bits per heavy atom. The van der Waals surface area contributed by atoms with Crippen molar-refractivity contribution in [1.82, 2.24) is 0 Å². The minimum absolute atomic E-state index is 0.274. The third-order valence-electron chi connectivity index (χ3n) is 2.47. The second-order valence-electron chi connectivity index (χ2n) is 3.83. The van der Waals surface area contributed by atoms with Gasteiger partial charge in [0.2, 0.25) is 0 Å². The first-order chi connectivity index (χ1) is 8.69. The molecule has 0 bridgehead atoms. The van der Waals surface area contributed by atoms with E-state index in [0.717, 1.165) is 16.2 Å². The highest BCUT2D eigenvalue weighted by molar-refractivity contribution is 7.13. The lowest BCUT2D eigenvalue weighted by Gasteiger charge is -2.04. The molecule has 0 radical (unpaired) electrons. The first-order valence-corrected chi connectivity index (χ1v) is 6.37. The average Bonchev–Trinajstić information content (AvgIpc) is 2.83. The zero-order valence-electron chi connectivity index (χ0n) is 10.3. The molecule has 94 valence electrons. The van der Waals surface area contributed by atoms with Gasteiger partial charge < -0.3 is 9.47 Å². The molecule has 0 saturated carbocycles. The third-order valence-corrected chi connectivity index (χ3v) is 3.45. The summed E-state index contributed by atoms with van der Waals surface area (Å²) in [5, 5.41) is 0. The largest absolute Gasteiger partial charge is 0.497 e. The lowest BCUT2D eigenvalue weighted by atomic mass is 10.2. The molecule has 0 aliphatic heterocycles. The topological polar surface area (TPSA) is 35.5 Å². The molecule has 0 unspecified atom stereocenters. The number of thiophene rings is 1. The molecule has 2 aromatic rings. The Kier molecular flexibility index (Phi) is 3.99. The molecule has 3 nitrogen and oxygen atoms in total. The summed E-state index contributed by atoms with van der Waals surface area (Å²) in [7, 11) is 1.62. The lowest BCUT2D eigenvalue weighted by Crippen LogP contribution is -2.02. The van der Waals surface area contributed by atoms with Crippen molar-refractivity contribution in [2.45, 2.75) is 13.5 Å². The van der Waals surface area contributed by atoms with Gasteiger partial charge in [0.25, 0.3) is 0 Å². The van der Waals surface area contributed by atoms with Gasteiger partial charge in [-0.05, 0) is 36.8 Å². The van der Waals surface area contributed by atoms with Gasteiger partial charge in [-0.15, -0.1) is 11.3 Å². The number of ether oxygens (including phenoxy) is 2. The predicted molar refractivity (Wildman–Crippen MR) is 71.2 cm³/mol. The molecule has 0 spiro atoms. The number of rotatable bonds is 4. The number of esters is 1. The Morgan fingerprint density at radius 1 is 1.17 bits per heavy atom. The minimum atomic E-state index is -0.274. The number of benzene rings is 1. The molecule has 1 heterocycles. The summed E-state index contributed by atoms with van der Waals surface area (Å²) >= 11 is 1.44. The number of aryl methyl sites for hydroxylation is 1. The summed E-state index contributed by atoms with van der Waals surface area (Å²) in [6.07, 6.45) is 0. The van der Waals surface area contributed by atoms with Crippen LogP contribution in [-0.2, 0) is 11.3 Å². The smallest absolute Gasteiger partial charge is 0.348 e. The summed E-state index contributed by atoms with van der Waals surface area (Å²) in [4.78, 5) is 13.5. The average molecular weight is 262 g/mol. The van der Waals surface area contributed by atoms with E-state index in [1.54, 1.807) is 13.2 Å². The van der Waals surface area contributed by atoms with Crippen LogP contribution < -0.4 is 4.74 Å². The zero-order valence-corrected chi connectivity index (χ0v) is 11.1. The number of hydrogen-bond acceptors (Lipinski definition) is 4. The normalized spacial score (nSPS) is 10.1. The molecular formula is C14H14O3S. The Balaban J connectivity index is 1.92. The van der Waals surface area contributed by atoms with Crippen molar-refractivity contribution in [2.24, 2.45) is 0 Å². The van der Waals surface area contributed by atoms with Crippen molar-refractivity contribution >= 4 is 17.3 Å². The Bertz CT molecular complexity index is 528. The van der Waals surface area contributed by atoms with Crippen molar-refractivity contribution in [3.63, 3.8) is 0 Å². The second-order valence-corrected chi connectivity index (χ2v) is 5.12. The Labute approximate surface area is 110 Å². The van der Waals surface area contributed by atoms with Gasteiger partial charge in [0.05, 0.1) is 7.11 Å². The van der Waals surface area contributed by atoms with Crippen molar-refractivity contribution in [3.8, 4) is 5.75 Å². The van der Waals surface area contributed by atoms with Crippen LogP contribution in [-0.4, -0.2) is 13.1 Å². The molecule has 0 saturated heterocycles. The van der Waals surface area contributed by atoms with Crippen molar-refractivity contribution in [2.75, 3.05) is 7.11 Å². The van der Waals surface area contributed by atoms with E-state index < -0.39 is 0 Å². The fourth-order valence-corrected chi connectivity index (χ4v) is 2.25. The van der Waals surface area contributed by atoms with Crippen LogP contribution in [0.1, 0.15) is 20.1 Å². The summed E-state index contributed by atoms with van der Waals surface area (Å²) in [6.45, 7) is 2.24. The van der Waals surface area contributed by atoms with Gasteiger partial charge in [-0.3, -0.25) is 0 Å². The SMILES string of the molecule is COc1ccc(COC(=O)c2ccc(C)s2)cc1. The van der Waals surface area contributed by atoms with E-state index in [9.17, 15) is 4.79 Å². The van der Waals surface area contributed by atoms with Gasteiger partial charge in [-0.25, -0.2) is 4.79 Å². The Morgan fingerprint density at radius 2 is 1.89 bits per heavy atom. The third kappa shape index (κ3) is 3.11. The van der Waals surface area contributed by atoms with Crippen LogP contribution in [0, 0.1) is 6.92 Å². The molecule has 1 aromatic heterocycles. The van der Waals surface area contributed by atoms with Crippen LogP contribution in [0.25, 0.3) is 0 Å². The Hall–Kier alpha value is -1.81. The lowest BCUT2D eigenvalue weighted by molar-refractivity contribution is 0.0478. The van der Waals surface area contributed by atoms with Crippen molar-refractivity contribution < 1.29 is 14.3 Å². The molecule has 2 rings (SSSR count). The second kappa shape index (κ2) is 5.69. The first-order valence-electron chi connectivity index (χ1n) is 5.55. The van der Waals surface area contributed by atoms with Crippen molar-refractivity contribution in [3.05, 3.63) is 51.7 Å². The fraction of sp³-hybridized carbons (Fsp3) is 0.214. The van der Waals surface area contributed by atoms with Crippen LogP contribution in [0.15, 0.2) is 36.4 Å². The van der Waals surface area contributed by atoms with Crippen LogP contribution in [0.4, 0.5) is 0 Å². The summed E-state index contributed by atoms with van der Waals surface area (Å²) in [6, 6.07) is 11.2. The summed E-state index contributed by atoms with van der Waals surface area (Å²) in [5.41, 5.74) is 0.942. The van der Waals surface area contributed by atoms with E-state index in [0.29, 0.717) is 4.88 Å². The maximum absolute atomic E-state index is 11.7. The monoisotopic (exact) mass is 262 g/mol. The van der Waals surface area contributed by atoms with Crippen LogP contribution in [0.5, 0.6) is 5.75 Å². The van der Waals surface area contributed by atoms with Gasteiger partial charge in [-0.1, -0.05) is 12.1 Å². The molecule has 4 heteroatoms. The molecule has 1 aromatic carbocycles.